The average molecular weight is 384 g/mol. The van der Waals surface area contributed by atoms with E-state index < -0.39 is 0 Å². The van der Waals surface area contributed by atoms with Crippen molar-refractivity contribution in [3.63, 3.8) is 0 Å². The third-order valence-electron chi connectivity index (χ3n) is 3.22. The van der Waals surface area contributed by atoms with E-state index in [4.69, 9.17) is 12.2 Å². The Morgan fingerprint density at radius 1 is 1.42 bits per heavy atom. The molecule has 19 heavy (non-hydrogen) atoms. The fraction of sp³-hybridized carbons (Fsp3) is 0.231. The Hall–Kier alpha value is -1.15. The zero-order chi connectivity index (χ0) is 13.4. The van der Waals surface area contributed by atoms with Crippen LogP contribution in [-0.4, -0.2) is 19.1 Å². The van der Waals surface area contributed by atoms with Gasteiger partial charge in [0, 0.05) is 36.0 Å². The van der Waals surface area contributed by atoms with Crippen molar-refractivity contribution < 1.29 is 0 Å². The van der Waals surface area contributed by atoms with E-state index in [1.165, 1.54) is 3.57 Å². The van der Waals surface area contributed by atoms with Gasteiger partial charge >= 0.3 is 0 Å². The molecule has 6 heteroatoms. The summed E-state index contributed by atoms with van der Waals surface area (Å²) in [6.07, 6.45) is 4.66. The van der Waals surface area contributed by atoms with Crippen LogP contribution in [0, 0.1) is 8.34 Å². The van der Waals surface area contributed by atoms with Gasteiger partial charge in [-0.1, -0.05) is 0 Å². The molecule has 0 radical (unpaired) electrons. The Balaban J connectivity index is 1.95. The summed E-state index contributed by atoms with van der Waals surface area (Å²) >= 11 is 7.71. The highest BCUT2D eigenvalue weighted by molar-refractivity contribution is 14.1. The fourth-order valence-electron chi connectivity index (χ4n) is 2.21. The molecule has 2 heterocycles. The van der Waals surface area contributed by atoms with Gasteiger partial charge in [-0.05, 0) is 53.0 Å². The fourth-order valence-corrected chi connectivity index (χ4v) is 3.00. The Kier molecular flexibility index (Phi) is 3.44. The number of fused-ring (bicyclic) bond motifs is 1. The lowest BCUT2D eigenvalue weighted by Gasteiger charge is -2.05. The van der Waals surface area contributed by atoms with Crippen molar-refractivity contribution in [2.24, 2.45) is 7.05 Å². The largest absolute Gasteiger partial charge is 0.338 e. The SMILES string of the molecule is Cn1ccnc1CCn1c(=S)[nH]c2cc(I)ccc21. The first-order valence-electron chi connectivity index (χ1n) is 5.99. The second kappa shape index (κ2) is 5.09. The molecule has 0 aliphatic heterocycles. The second-order valence-electron chi connectivity index (χ2n) is 4.45. The van der Waals surface area contributed by atoms with Gasteiger partial charge in [-0.15, -0.1) is 0 Å². The molecule has 98 valence electrons. The molecule has 0 bridgehead atoms. The lowest BCUT2D eigenvalue weighted by Crippen LogP contribution is -2.05. The van der Waals surface area contributed by atoms with E-state index in [-0.39, 0.29) is 0 Å². The van der Waals surface area contributed by atoms with Crippen molar-refractivity contribution >= 4 is 45.8 Å². The van der Waals surface area contributed by atoms with Gasteiger partial charge in [0.15, 0.2) is 4.77 Å². The number of aryl methyl sites for hydroxylation is 3. The van der Waals surface area contributed by atoms with Gasteiger partial charge in [0.05, 0.1) is 11.0 Å². The van der Waals surface area contributed by atoms with Gasteiger partial charge in [-0.25, -0.2) is 4.98 Å². The summed E-state index contributed by atoms with van der Waals surface area (Å²) in [5.74, 6) is 1.07. The third kappa shape index (κ3) is 2.46. The lowest BCUT2D eigenvalue weighted by molar-refractivity contribution is 0.657. The number of aromatic nitrogens is 4. The van der Waals surface area contributed by atoms with E-state index in [1.54, 1.807) is 0 Å². The number of rotatable bonds is 3. The van der Waals surface area contributed by atoms with Gasteiger partial charge in [0.25, 0.3) is 0 Å². The zero-order valence-electron chi connectivity index (χ0n) is 10.4. The summed E-state index contributed by atoms with van der Waals surface area (Å²) in [4.78, 5) is 7.60. The van der Waals surface area contributed by atoms with Crippen LogP contribution in [-0.2, 0) is 20.0 Å². The molecule has 1 N–H and O–H groups in total. The Labute approximate surface area is 129 Å². The predicted octanol–water partition coefficient (Wildman–Crippen LogP) is 3.28. The number of nitrogens with one attached hydrogen (secondary N) is 1. The molecule has 0 spiro atoms. The normalized spacial score (nSPS) is 11.3. The summed E-state index contributed by atoms with van der Waals surface area (Å²) in [7, 11) is 2.01. The molecule has 0 aliphatic rings. The second-order valence-corrected chi connectivity index (χ2v) is 6.08. The number of halogens is 1. The molecule has 0 fully saturated rings. The van der Waals surface area contributed by atoms with Crippen LogP contribution in [0.3, 0.4) is 0 Å². The van der Waals surface area contributed by atoms with Crippen molar-refractivity contribution in [3.8, 4) is 0 Å². The summed E-state index contributed by atoms with van der Waals surface area (Å²) in [6.45, 7) is 0.838. The van der Waals surface area contributed by atoms with Gasteiger partial charge in [-0.2, -0.15) is 0 Å². The molecule has 0 saturated heterocycles. The first-order valence-corrected chi connectivity index (χ1v) is 7.48. The van der Waals surface area contributed by atoms with Crippen LogP contribution >= 0.6 is 34.8 Å². The van der Waals surface area contributed by atoms with E-state index in [0.717, 1.165) is 34.6 Å². The topological polar surface area (TPSA) is 38.5 Å². The maximum atomic E-state index is 5.40. The number of benzene rings is 1. The molecular weight excluding hydrogens is 371 g/mol. The van der Waals surface area contributed by atoms with E-state index in [1.807, 2.05) is 24.0 Å². The molecule has 0 saturated carbocycles. The number of hydrogen-bond acceptors (Lipinski definition) is 2. The molecular formula is C13H13IN4S. The van der Waals surface area contributed by atoms with E-state index in [9.17, 15) is 0 Å². The molecule has 1 aromatic carbocycles. The van der Waals surface area contributed by atoms with E-state index in [2.05, 4.69) is 55.3 Å². The molecule has 3 aromatic rings. The number of hydrogen-bond donors (Lipinski definition) is 1. The highest BCUT2D eigenvalue weighted by Crippen LogP contribution is 2.17. The molecule has 0 atom stereocenters. The average Bonchev–Trinajstić information content (AvgIpc) is 2.90. The van der Waals surface area contributed by atoms with Crippen LogP contribution in [0.25, 0.3) is 11.0 Å². The first kappa shape index (κ1) is 12.9. The van der Waals surface area contributed by atoms with Crippen molar-refractivity contribution in [1.29, 1.82) is 0 Å². The molecule has 2 aromatic heterocycles. The lowest BCUT2D eigenvalue weighted by atomic mass is 10.3. The minimum absolute atomic E-state index is 0.770. The maximum absolute atomic E-state index is 5.40. The minimum atomic E-state index is 0.770. The minimum Gasteiger partial charge on any atom is -0.338 e. The predicted molar refractivity (Wildman–Crippen MR) is 86.8 cm³/mol. The standard InChI is InChI=1S/C13H13IN4S/c1-17-7-5-15-12(17)4-6-18-11-3-2-9(14)8-10(11)16-13(18)19/h2-3,5,7-8H,4,6H2,1H3,(H,16,19). The van der Waals surface area contributed by atoms with Crippen LogP contribution in [0.1, 0.15) is 5.82 Å². The van der Waals surface area contributed by atoms with Crippen molar-refractivity contribution in [2.45, 2.75) is 13.0 Å². The highest BCUT2D eigenvalue weighted by Gasteiger charge is 2.06. The van der Waals surface area contributed by atoms with Crippen LogP contribution in [0.4, 0.5) is 0 Å². The number of H-pyrrole nitrogens is 1. The van der Waals surface area contributed by atoms with E-state index >= 15 is 0 Å². The van der Waals surface area contributed by atoms with Gasteiger partial charge in [0.2, 0.25) is 0 Å². The van der Waals surface area contributed by atoms with Gasteiger partial charge < -0.3 is 14.1 Å². The molecule has 4 nitrogen and oxygen atoms in total. The maximum Gasteiger partial charge on any atom is 0.178 e. The molecule has 3 rings (SSSR count). The van der Waals surface area contributed by atoms with Crippen molar-refractivity contribution in [3.05, 3.63) is 44.8 Å². The molecule has 0 amide bonds. The zero-order valence-corrected chi connectivity index (χ0v) is 13.4. The van der Waals surface area contributed by atoms with Crippen LogP contribution in [0.15, 0.2) is 30.6 Å². The van der Waals surface area contributed by atoms with Gasteiger partial charge in [-0.3, -0.25) is 0 Å². The van der Waals surface area contributed by atoms with Crippen LogP contribution in [0.2, 0.25) is 0 Å². The summed E-state index contributed by atoms with van der Waals surface area (Å²) < 4.78 is 6.15. The smallest absolute Gasteiger partial charge is 0.178 e. The number of nitrogens with zero attached hydrogens (tertiary/aromatic N) is 3. The van der Waals surface area contributed by atoms with Crippen molar-refractivity contribution in [1.82, 2.24) is 19.1 Å². The van der Waals surface area contributed by atoms with E-state index in [0.29, 0.717) is 0 Å². The third-order valence-corrected chi connectivity index (χ3v) is 4.21. The first-order chi connectivity index (χ1) is 9.15. The van der Waals surface area contributed by atoms with Crippen LogP contribution in [0.5, 0.6) is 0 Å². The Morgan fingerprint density at radius 3 is 3.00 bits per heavy atom. The molecule has 0 unspecified atom stereocenters. The Bertz CT molecular complexity index is 783. The van der Waals surface area contributed by atoms with Crippen LogP contribution < -0.4 is 0 Å². The van der Waals surface area contributed by atoms with Crippen molar-refractivity contribution in [2.75, 3.05) is 0 Å². The molecule has 0 aliphatic carbocycles. The Morgan fingerprint density at radius 2 is 2.26 bits per heavy atom. The quantitative estimate of drug-likeness (QED) is 0.556. The monoisotopic (exact) mass is 384 g/mol. The highest BCUT2D eigenvalue weighted by atomic mass is 127. The number of aromatic amines is 1. The van der Waals surface area contributed by atoms with Gasteiger partial charge in [0.1, 0.15) is 5.82 Å². The summed E-state index contributed by atoms with van der Waals surface area (Å²) in [6, 6.07) is 6.33. The summed E-state index contributed by atoms with van der Waals surface area (Å²) in [5, 5.41) is 0. The number of imidazole rings is 2. The summed E-state index contributed by atoms with van der Waals surface area (Å²) in [5.41, 5.74) is 2.25.